The zero-order valence-electron chi connectivity index (χ0n) is 14.9. The molecule has 5 heteroatoms. The number of nitrogens with one attached hydrogen (secondary N) is 2. The van der Waals surface area contributed by atoms with Gasteiger partial charge in [0.2, 0.25) is 11.8 Å². The van der Waals surface area contributed by atoms with Gasteiger partial charge in [0, 0.05) is 26.2 Å². The number of amides is 2. The van der Waals surface area contributed by atoms with Gasteiger partial charge >= 0.3 is 0 Å². The smallest absolute Gasteiger partial charge is 0.237 e. The highest BCUT2D eigenvalue weighted by atomic mass is 16.2. The number of hydrogen-bond donors (Lipinski definition) is 2. The lowest BCUT2D eigenvalue weighted by Gasteiger charge is -2.34. The Morgan fingerprint density at radius 2 is 1.69 bits per heavy atom. The maximum atomic E-state index is 12.3. The first-order chi connectivity index (χ1) is 12.7. The van der Waals surface area contributed by atoms with Crippen molar-refractivity contribution in [2.45, 2.75) is 25.4 Å². The third-order valence-electron chi connectivity index (χ3n) is 4.63. The summed E-state index contributed by atoms with van der Waals surface area (Å²) in [5, 5.41) is 5.81. The van der Waals surface area contributed by atoms with Gasteiger partial charge in [0.15, 0.2) is 0 Å². The second-order valence-corrected chi connectivity index (χ2v) is 6.55. The van der Waals surface area contributed by atoms with Crippen molar-refractivity contribution in [3.8, 4) is 0 Å². The van der Waals surface area contributed by atoms with Crippen molar-refractivity contribution in [3.05, 3.63) is 71.8 Å². The first kappa shape index (κ1) is 18.1. The Morgan fingerprint density at radius 3 is 2.38 bits per heavy atom. The minimum atomic E-state index is -0.416. The van der Waals surface area contributed by atoms with Crippen molar-refractivity contribution in [3.63, 3.8) is 0 Å². The zero-order valence-corrected chi connectivity index (χ0v) is 14.9. The Kier molecular flexibility index (Phi) is 6.39. The summed E-state index contributed by atoms with van der Waals surface area (Å²) in [6.07, 6.45) is 0.977. The lowest BCUT2D eigenvalue weighted by molar-refractivity contribution is -0.134. The highest BCUT2D eigenvalue weighted by Gasteiger charge is 2.31. The van der Waals surface area contributed by atoms with Crippen LogP contribution in [0, 0.1) is 0 Å². The number of hydrogen-bond acceptors (Lipinski definition) is 3. The van der Waals surface area contributed by atoms with Crippen LogP contribution in [-0.2, 0) is 22.6 Å². The molecule has 1 unspecified atom stereocenters. The van der Waals surface area contributed by atoms with E-state index in [9.17, 15) is 9.59 Å². The van der Waals surface area contributed by atoms with E-state index in [1.165, 1.54) is 5.56 Å². The van der Waals surface area contributed by atoms with Crippen molar-refractivity contribution in [1.82, 2.24) is 15.5 Å². The highest BCUT2D eigenvalue weighted by Crippen LogP contribution is 2.13. The van der Waals surface area contributed by atoms with Crippen LogP contribution < -0.4 is 10.6 Å². The van der Waals surface area contributed by atoms with E-state index in [0.717, 1.165) is 18.5 Å². The standard InChI is InChI=1S/C21H25N3O2/c25-20(22-12-11-17-7-3-1-4-8-17)15-19-21(26)23-13-14-24(19)16-18-9-5-2-6-10-18/h1-10,19H,11-16H2,(H,22,25)(H,23,26). The molecule has 2 aromatic carbocycles. The number of carbonyl (C=O) groups excluding carboxylic acids is 2. The molecule has 1 atom stereocenters. The summed E-state index contributed by atoms with van der Waals surface area (Å²) in [6.45, 7) is 2.63. The van der Waals surface area contributed by atoms with Gasteiger partial charge in [-0.1, -0.05) is 60.7 Å². The van der Waals surface area contributed by atoms with Gasteiger partial charge in [-0.25, -0.2) is 0 Å². The number of piperazine rings is 1. The van der Waals surface area contributed by atoms with Gasteiger partial charge in [0.25, 0.3) is 0 Å². The molecule has 1 aliphatic heterocycles. The second kappa shape index (κ2) is 9.15. The number of rotatable bonds is 7. The average molecular weight is 351 g/mol. The van der Waals surface area contributed by atoms with Crippen molar-refractivity contribution in [2.75, 3.05) is 19.6 Å². The summed E-state index contributed by atoms with van der Waals surface area (Å²) in [6, 6.07) is 19.7. The fourth-order valence-electron chi connectivity index (χ4n) is 3.23. The molecule has 0 aliphatic carbocycles. The van der Waals surface area contributed by atoms with E-state index in [1.54, 1.807) is 0 Å². The largest absolute Gasteiger partial charge is 0.356 e. The number of nitrogens with zero attached hydrogens (tertiary/aromatic N) is 1. The Morgan fingerprint density at radius 1 is 1.04 bits per heavy atom. The fourth-order valence-corrected chi connectivity index (χ4v) is 3.23. The van der Waals surface area contributed by atoms with Crippen LogP contribution in [0.2, 0.25) is 0 Å². The second-order valence-electron chi connectivity index (χ2n) is 6.55. The van der Waals surface area contributed by atoms with Crippen LogP contribution in [-0.4, -0.2) is 42.4 Å². The quantitative estimate of drug-likeness (QED) is 0.799. The minimum absolute atomic E-state index is 0.0645. The molecule has 1 saturated heterocycles. The van der Waals surface area contributed by atoms with Crippen LogP contribution in [0.5, 0.6) is 0 Å². The summed E-state index contributed by atoms with van der Waals surface area (Å²) < 4.78 is 0. The van der Waals surface area contributed by atoms with Crippen LogP contribution in [0.3, 0.4) is 0 Å². The molecule has 3 rings (SSSR count). The average Bonchev–Trinajstić information content (AvgIpc) is 2.66. The lowest BCUT2D eigenvalue weighted by Crippen LogP contribution is -2.56. The van der Waals surface area contributed by atoms with Crippen molar-refractivity contribution < 1.29 is 9.59 Å². The monoisotopic (exact) mass is 351 g/mol. The van der Waals surface area contributed by atoms with Crippen LogP contribution in [0.25, 0.3) is 0 Å². The molecule has 2 N–H and O–H groups in total. The first-order valence-electron chi connectivity index (χ1n) is 9.08. The maximum absolute atomic E-state index is 12.3. The summed E-state index contributed by atoms with van der Waals surface area (Å²) in [4.78, 5) is 26.7. The van der Waals surface area contributed by atoms with E-state index in [0.29, 0.717) is 19.6 Å². The molecule has 0 radical (unpaired) electrons. The Balaban J connectivity index is 1.52. The molecule has 0 saturated carbocycles. The summed E-state index contributed by atoms with van der Waals surface area (Å²) in [5.41, 5.74) is 2.34. The lowest BCUT2D eigenvalue weighted by atomic mass is 10.1. The van der Waals surface area contributed by atoms with Crippen molar-refractivity contribution in [2.24, 2.45) is 0 Å². The third-order valence-corrected chi connectivity index (χ3v) is 4.63. The van der Waals surface area contributed by atoms with Crippen LogP contribution in [0.15, 0.2) is 60.7 Å². The third kappa shape index (κ3) is 5.17. The predicted molar refractivity (Wildman–Crippen MR) is 101 cm³/mol. The van der Waals surface area contributed by atoms with E-state index in [-0.39, 0.29) is 18.2 Å². The molecule has 2 amide bonds. The molecule has 0 spiro atoms. The van der Waals surface area contributed by atoms with E-state index in [1.807, 2.05) is 60.7 Å². The van der Waals surface area contributed by atoms with Gasteiger partial charge in [-0.3, -0.25) is 14.5 Å². The SMILES string of the molecule is O=C(CC1C(=O)NCCN1Cc1ccccc1)NCCc1ccccc1. The Labute approximate surface area is 154 Å². The van der Waals surface area contributed by atoms with Gasteiger partial charge in [-0.2, -0.15) is 0 Å². The Hall–Kier alpha value is -2.66. The summed E-state index contributed by atoms with van der Waals surface area (Å²) in [7, 11) is 0. The van der Waals surface area contributed by atoms with Crippen LogP contribution in [0.4, 0.5) is 0 Å². The van der Waals surface area contributed by atoms with Crippen molar-refractivity contribution in [1.29, 1.82) is 0 Å². The molecule has 136 valence electrons. The molecule has 1 fully saturated rings. The Bertz CT molecular complexity index is 719. The fraction of sp³-hybridized carbons (Fsp3) is 0.333. The van der Waals surface area contributed by atoms with Crippen LogP contribution in [0.1, 0.15) is 17.5 Å². The highest BCUT2D eigenvalue weighted by molar-refractivity contribution is 5.88. The van der Waals surface area contributed by atoms with Gasteiger partial charge in [-0.05, 0) is 17.5 Å². The molecule has 0 bridgehead atoms. The molecule has 26 heavy (non-hydrogen) atoms. The van der Waals surface area contributed by atoms with Gasteiger partial charge in [-0.15, -0.1) is 0 Å². The number of carbonyl (C=O) groups is 2. The molecule has 1 aliphatic rings. The first-order valence-corrected chi connectivity index (χ1v) is 9.08. The summed E-state index contributed by atoms with van der Waals surface area (Å²) >= 11 is 0. The normalized spacial score (nSPS) is 17.5. The molecule has 2 aromatic rings. The predicted octanol–water partition coefficient (Wildman–Crippen LogP) is 1.74. The topological polar surface area (TPSA) is 61.4 Å². The molecule has 5 nitrogen and oxygen atoms in total. The summed E-state index contributed by atoms with van der Waals surface area (Å²) in [5.74, 6) is -0.147. The van der Waals surface area contributed by atoms with E-state index in [2.05, 4.69) is 15.5 Å². The number of benzene rings is 2. The van der Waals surface area contributed by atoms with E-state index < -0.39 is 6.04 Å². The van der Waals surface area contributed by atoms with Crippen LogP contribution >= 0.6 is 0 Å². The van der Waals surface area contributed by atoms with Gasteiger partial charge in [0.1, 0.15) is 0 Å². The van der Waals surface area contributed by atoms with E-state index in [4.69, 9.17) is 0 Å². The van der Waals surface area contributed by atoms with Gasteiger partial charge < -0.3 is 10.6 Å². The van der Waals surface area contributed by atoms with Crippen molar-refractivity contribution >= 4 is 11.8 Å². The molecule has 1 heterocycles. The molecular formula is C21H25N3O2. The molecule has 0 aromatic heterocycles. The van der Waals surface area contributed by atoms with E-state index >= 15 is 0 Å². The zero-order chi connectivity index (χ0) is 18.2. The van der Waals surface area contributed by atoms with Gasteiger partial charge in [0.05, 0.1) is 12.5 Å². The maximum Gasteiger partial charge on any atom is 0.237 e. The minimum Gasteiger partial charge on any atom is -0.356 e. The molecular weight excluding hydrogens is 326 g/mol.